The van der Waals surface area contributed by atoms with Gasteiger partial charge in [-0.3, -0.25) is 0 Å². The van der Waals surface area contributed by atoms with Crippen molar-refractivity contribution in [2.24, 2.45) is 0 Å². The second-order valence-corrected chi connectivity index (χ2v) is 5.63. The van der Waals surface area contributed by atoms with Gasteiger partial charge >= 0.3 is 0 Å². The second-order valence-electron chi connectivity index (χ2n) is 5.63. The van der Waals surface area contributed by atoms with Crippen molar-refractivity contribution in [2.75, 3.05) is 7.11 Å². The van der Waals surface area contributed by atoms with E-state index in [-0.39, 0.29) is 5.41 Å². The third-order valence-electron chi connectivity index (χ3n) is 3.24. The first-order valence-corrected chi connectivity index (χ1v) is 6.43. The van der Waals surface area contributed by atoms with E-state index in [4.69, 9.17) is 4.74 Å². The fourth-order valence-electron chi connectivity index (χ4n) is 2.04. The molecule has 1 nitrogen and oxygen atoms in total. The monoisotopic (exact) mass is 244 g/mol. The van der Waals surface area contributed by atoms with Crippen LogP contribution in [0.15, 0.2) is 24.4 Å². The van der Waals surface area contributed by atoms with Crippen molar-refractivity contribution in [1.82, 2.24) is 0 Å². The molecule has 0 saturated heterocycles. The van der Waals surface area contributed by atoms with Crippen molar-refractivity contribution in [3.05, 3.63) is 41.1 Å². The Hall–Kier alpha value is -1.46. The molecule has 0 unspecified atom stereocenters. The Morgan fingerprint density at radius 1 is 1.33 bits per heavy atom. The summed E-state index contributed by atoms with van der Waals surface area (Å²) in [5.74, 6) is 0.952. The maximum absolute atomic E-state index is 5.64. The number of methoxy groups -OCH3 is 1. The first-order valence-electron chi connectivity index (χ1n) is 6.43. The molecule has 1 aromatic carbocycles. The van der Waals surface area contributed by atoms with Crippen molar-refractivity contribution < 1.29 is 4.74 Å². The fourth-order valence-corrected chi connectivity index (χ4v) is 2.04. The SMILES string of the molecule is C=C=C(C)c1cc(CC)cc(C(C)(C)C)c1OC. The predicted octanol–water partition coefficient (Wildman–Crippen LogP) is 4.74. The number of benzene rings is 1. The zero-order valence-corrected chi connectivity index (χ0v) is 12.5. The Morgan fingerprint density at radius 2 is 1.94 bits per heavy atom. The van der Waals surface area contributed by atoms with Gasteiger partial charge < -0.3 is 4.74 Å². The minimum atomic E-state index is 0.0622. The molecule has 1 heteroatoms. The summed E-state index contributed by atoms with van der Waals surface area (Å²) in [5, 5.41) is 0. The quantitative estimate of drug-likeness (QED) is 0.698. The molecule has 0 aliphatic heterocycles. The van der Waals surface area contributed by atoms with E-state index in [1.54, 1.807) is 7.11 Å². The number of hydrogen-bond acceptors (Lipinski definition) is 1. The average molecular weight is 244 g/mol. The van der Waals surface area contributed by atoms with Crippen LogP contribution in [0, 0.1) is 0 Å². The molecule has 0 amide bonds. The van der Waals surface area contributed by atoms with Gasteiger partial charge in [-0.2, -0.15) is 0 Å². The summed E-state index contributed by atoms with van der Waals surface area (Å²) in [4.78, 5) is 0. The maximum atomic E-state index is 5.64. The highest BCUT2D eigenvalue weighted by Gasteiger charge is 2.22. The van der Waals surface area contributed by atoms with Crippen molar-refractivity contribution in [3.63, 3.8) is 0 Å². The fraction of sp³-hybridized carbons (Fsp3) is 0.471. The summed E-state index contributed by atoms with van der Waals surface area (Å²) in [6.07, 6.45) is 1.02. The summed E-state index contributed by atoms with van der Waals surface area (Å²) in [5.41, 5.74) is 7.75. The third kappa shape index (κ3) is 2.86. The molecular formula is C17H24O. The van der Waals surface area contributed by atoms with Gasteiger partial charge in [0.25, 0.3) is 0 Å². The van der Waals surface area contributed by atoms with Gasteiger partial charge in [0.2, 0.25) is 0 Å². The normalized spacial score (nSPS) is 11.0. The molecule has 0 aliphatic carbocycles. The Labute approximate surface area is 111 Å². The van der Waals surface area contributed by atoms with Crippen LogP contribution in [0.2, 0.25) is 0 Å². The van der Waals surface area contributed by atoms with Crippen LogP contribution in [0.1, 0.15) is 51.3 Å². The average Bonchev–Trinajstić information content (AvgIpc) is 2.34. The van der Waals surface area contributed by atoms with Crippen LogP contribution in [-0.4, -0.2) is 7.11 Å². The van der Waals surface area contributed by atoms with E-state index in [2.05, 4.69) is 52.1 Å². The summed E-state index contributed by atoms with van der Waals surface area (Å²) in [6, 6.07) is 4.43. The van der Waals surface area contributed by atoms with Crippen LogP contribution in [0.25, 0.3) is 5.57 Å². The molecule has 0 spiro atoms. The van der Waals surface area contributed by atoms with Crippen LogP contribution < -0.4 is 4.74 Å². The molecule has 0 radical (unpaired) electrons. The number of aryl methyl sites for hydroxylation is 1. The van der Waals surface area contributed by atoms with Gasteiger partial charge in [0, 0.05) is 16.7 Å². The zero-order chi connectivity index (χ0) is 13.9. The van der Waals surface area contributed by atoms with Gasteiger partial charge in [-0.1, -0.05) is 40.3 Å². The highest BCUT2D eigenvalue weighted by molar-refractivity contribution is 5.71. The minimum absolute atomic E-state index is 0.0622. The van der Waals surface area contributed by atoms with Crippen molar-refractivity contribution in [3.8, 4) is 5.75 Å². The molecule has 0 heterocycles. The first-order chi connectivity index (χ1) is 8.35. The largest absolute Gasteiger partial charge is 0.496 e. The lowest BCUT2D eigenvalue weighted by molar-refractivity contribution is 0.396. The molecule has 0 fully saturated rings. The van der Waals surface area contributed by atoms with Crippen molar-refractivity contribution in [1.29, 1.82) is 0 Å². The van der Waals surface area contributed by atoms with E-state index in [1.807, 2.05) is 6.92 Å². The van der Waals surface area contributed by atoms with Crippen LogP contribution in [-0.2, 0) is 11.8 Å². The van der Waals surface area contributed by atoms with Gasteiger partial charge in [0.15, 0.2) is 0 Å². The summed E-state index contributed by atoms with van der Waals surface area (Å²) in [7, 11) is 1.73. The Morgan fingerprint density at radius 3 is 2.33 bits per heavy atom. The predicted molar refractivity (Wildman–Crippen MR) is 79.3 cm³/mol. The summed E-state index contributed by atoms with van der Waals surface area (Å²) < 4.78 is 5.64. The van der Waals surface area contributed by atoms with Gasteiger partial charge in [0.1, 0.15) is 5.75 Å². The number of allylic oxidation sites excluding steroid dienone is 1. The van der Waals surface area contributed by atoms with Gasteiger partial charge in [-0.05, 0) is 30.4 Å². The van der Waals surface area contributed by atoms with Gasteiger partial charge in [-0.15, -0.1) is 5.73 Å². The third-order valence-corrected chi connectivity index (χ3v) is 3.24. The zero-order valence-electron chi connectivity index (χ0n) is 12.5. The Balaban J connectivity index is 3.66. The maximum Gasteiger partial charge on any atom is 0.130 e. The van der Waals surface area contributed by atoms with Crippen LogP contribution in [0.3, 0.4) is 0 Å². The van der Waals surface area contributed by atoms with Crippen LogP contribution >= 0.6 is 0 Å². The molecule has 0 atom stereocenters. The Bertz CT molecular complexity index is 483. The highest BCUT2D eigenvalue weighted by atomic mass is 16.5. The van der Waals surface area contributed by atoms with Gasteiger partial charge in [-0.25, -0.2) is 0 Å². The van der Waals surface area contributed by atoms with Gasteiger partial charge in [0.05, 0.1) is 7.11 Å². The molecule has 0 N–H and O–H groups in total. The summed E-state index contributed by atoms with van der Waals surface area (Å²) >= 11 is 0. The molecule has 98 valence electrons. The lowest BCUT2D eigenvalue weighted by atomic mass is 9.83. The van der Waals surface area contributed by atoms with E-state index in [0.717, 1.165) is 23.3 Å². The van der Waals surface area contributed by atoms with E-state index < -0.39 is 0 Å². The number of ether oxygens (including phenoxy) is 1. The van der Waals surface area contributed by atoms with Crippen molar-refractivity contribution in [2.45, 2.75) is 46.5 Å². The Kier molecular flexibility index (Phi) is 4.43. The molecule has 0 bridgehead atoms. The summed E-state index contributed by atoms with van der Waals surface area (Å²) in [6.45, 7) is 14.6. The van der Waals surface area contributed by atoms with E-state index >= 15 is 0 Å². The molecule has 0 aromatic heterocycles. The standard InChI is InChI=1S/C17H24O/c1-8-12(3)14-10-13(9-2)11-15(16(14)18-7)17(4,5)6/h10-11H,1,9H2,2-7H3. The number of hydrogen-bond donors (Lipinski definition) is 0. The topological polar surface area (TPSA) is 9.23 Å². The first kappa shape index (κ1) is 14.6. The molecule has 1 rings (SSSR count). The van der Waals surface area contributed by atoms with Crippen LogP contribution in [0.4, 0.5) is 0 Å². The van der Waals surface area contributed by atoms with E-state index in [0.29, 0.717) is 0 Å². The molecular weight excluding hydrogens is 220 g/mol. The molecule has 18 heavy (non-hydrogen) atoms. The van der Waals surface area contributed by atoms with Crippen molar-refractivity contribution >= 4 is 5.57 Å². The molecule has 1 aromatic rings. The molecule has 0 aliphatic rings. The van der Waals surface area contributed by atoms with E-state index in [1.165, 1.54) is 11.1 Å². The van der Waals surface area contributed by atoms with Crippen LogP contribution in [0.5, 0.6) is 5.75 Å². The lowest BCUT2D eigenvalue weighted by Crippen LogP contribution is -2.14. The smallest absolute Gasteiger partial charge is 0.130 e. The van der Waals surface area contributed by atoms with E-state index in [9.17, 15) is 0 Å². The highest BCUT2D eigenvalue weighted by Crippen LogP contribution is 2.38. The molecule has 0 saturated carbocycles. The minimum Gasteiger partial charge on any atom is -0.496 e. The number of rotatable bonds is 3. The second kappa shape index (κ2) is 5.46. The lowest BCUT2D eigenvalue weighted by Gasteiger charge is -2.25.